The quantitative estimate of drug-likeness (QED) is 0.729. The van der Waals surface area contributed by atoms with Gasteiger partial charge in [-0.05, 0) is 18.6 Å². The third-order valence-corrected chi connectivity index (χ3v) is 4.33. The molecule has 17 heavy (non-hydrogen) atoms. The highest BCUT2D eigenvalue weighted by Gasteiger charge is 2.25. The van der Waals surface area contributed by atoms with E-state index in [0.717, 1.165) is 0 Å². The number of fused-ring (bicyclic) bond motifs is 1. The maximum absolute atomic E-state index is 11.5. The fourth-order valence-electron chi connectivity index (χ4n) is 1.88. The largest absolute Gasteiger partial charge is 0.480 e. The predicted molar refractivity (Wildman–Crippen MR) is 62.0 cm³/mol. The summed E-state index contributed by atoms with van der Waals surface area (Å²) in [5, 5.41) is 0. The van der Waals surface area contributed by atoms with Gasteiger partial charge in [-0.15, -0.1) is 0 Å². The average molecular weight is 255 g/mol. The molecule has 1 aromatic rings. The molecule has 2 heterocycles. The molecule has 0 aliphatic carbocycles. The van der Waals surface area contributed by atoms with Gasteiger partial charge in [0.2, 0.25) is 5.88 Å². The molecule has 0 bridgehead atoms. The normalized spacial score (nSPS) is 17.3. The summed E-state index contributed by atoms with van der Waals surface area (Å²) in [4.78, 5) is 15.6. The van der Waals surface area contributed by atoms with E-state index in [9.17, 15) is 13.2 Å². The topological polar surface area (TPSA) is 73.3 Å². The number of hydrogen-bond donors (Lipinski definition) is 0. The highest BCUT2D eigenvalue weighted by atomic mass is 32.2. The molecule has 5 nitrogen and oxygen atoms in total. The number of sulfone groups is 1. The lowest BCUT2D eigenvalue weighted by Crippen LogP contribution is -2.21. The summed E-state index contributed by atoms with van der Waals surface area (Å²) in [5.74, 6) is 0.158. The zero-order chi connectivity index (χ0) is 12.6. The van der Waals surface area contributed by atoms with E-state index in [1.54, 1.807) is 6.07 Å². The predicted octanol–water partition coefficient (Wildman–Crippen LogP) is 0.764. The molecule has 0 spiro atoms. The Bertz CT molecular complexity index is 577. The Labute approximate surface area is 99.7 Å². The standard InChI is InChI=1S/C11H13NO4S/c1-7(13)9-5-8-6-17(14,15)4-3-10(8)12-11(9)16-2/h5H,3-4,6H2,1-2H3. The summed E-state index contributed by atoms with van der Waals surface area (Å²) in [6.07, 6.45) is 0.381. The van der Waals surface area contributed by atoms with Crippen LogP contribution in [0.4, 0.5) is 0 Å². The molecule has 92 valence electrons. The molecule has 6 heteroatoms. The molecule has 2 rings (SSSR count). The minimum absolute atomic E-state index is 0.0421. The van der Waals surface area contributed by atoms with E-state index in [-0.39, 0.29) is 23.2 Å². The van der Waals surface area contributed by atoms with Crippen LogP contribution >= 0.6 is 0 Å². The molecular formula is C11H13NO4S. The van der Waals surface area contributed by atoms with Crippen LogP contribution in [0.5, 0.6) is 5.88 Å². The third-order valence-electron chi connectivity index (χ3n) is 2.75. The van der Waals surface area contributed by atoms with Gasteiger partial charge in [0.15, 0.2) is 15.6 Å². The second-order valence-electron chi connectivity index (χ2n) is 4.05. The van der Waals surface area contributed by atoms with Crippen molar-refractivity contribution in [3.63, 3.8) is 0 Å². The summed E-state index contributed by atoms with van der Waals surface area (Å²) in [5.41, 5.74) is 1.66. The van der Waals surface area contributed by atoms with Crippen molar-refractivity contribution in [3.05, 3.63) is 22.9 Å². The van der Waals surface area contributed by atoms with Crippen LogP contribution in [0.3, 0.4) is 0 Å². The number of rotatable bonds is 2. The van der Waals surface area contributed by atoms with Crippen LogP contribution in [0, 0.1) is 0 Å². The van der Waals surface area contributed by atoms with E-state index in [0.29, 0.717) is 23.2 Å². The van der Waals surface area contributed by atoms with Gasteiger partial charge < -0.3 is 4.74 Å². The van der Waals surface area contributed by atoms with E-state index < -0.39 is 9.84 Å². The molecule has 1 aliphatic heterocycles. The van der Waals surface area contributed by atoms with Crippen LogP contribution in [-0.4, -0.2) is 32.0 Å². The van der Waals surface area contributed by atoms with Gasteiger partial charge >= 0.3 is 0 Å². The Kier molecular flexibility index (Phi) is 2.91. The van der Waals surface area contributed by atoms with Crippen LogP contribution < -0.4 is 4.74 Å². The molecule has 0 radical (unpaired) electrons. The van der Waals surface area contributed by atoms with Crippen molar-refractivity contribution in [3.8, 4) is 5.88 Å². The van der Waals surface area contributed by atoms with E-state index in [4.69, 9.17) is 4.74 Å². The number of nitrogens with zero attached hydrogens (tertiary/aromatic N) is 1. The zero-order valence-corrected chi connectivity index (χ0v) is 10.5. The van der Waals surface area contributed by atoms with Gasteiger partial charge in [-0.1, -0.05) is 0 Å². The number of methoxy groups -OCH3 is 1. The highest BCUT2D eigenvalue weighted by Crippen LogP contribution is 2.25. The monoisotopic (exact) mass is 255 g/mol. The Hall–Kier alpha value is -1.43. The van der Waals surface area contributed by atoms with E-state index in [2.05, 4.69) is 4.98 Å². The minimum atomic E-state index is -3.05. The van der Waals surface area contributed by atoms with Gasteiger partial charge in [-0.25, -0.2) is 13.4 Å². The van der Waals surface area contributed by atoms with Crippen molar-refractivity contribution in [1.82, 2.24) is 4.98 Å². The molecule has 1 aliphatic rings. The van der Waals surface area contributed by atoms with Crippen molar-refractivity contribution in [2.24, 2.45) is 0 Å². The fourth-order valence-corrected chi connectivity index (χ4v) is 3.26. The number of ketones is 1. The average Bonchev–Trinajstić information content (AvgIpc) is 2.26. The molecule has 0 amide bonds. The van der Waals surface area contributed by atoms with Crippen LogP contribution in [0.15, 0.2) is 6.07 Å². The van der Waals surface area contributed by atoms with Crippen molar-refractivity contribution in [2.75, 3.05) is 12.9 Å². The Morgan fingerprint density at radius 1 is 1.47 bits per heavy atom. The van der Waals surface area contributed by atoms with Crippen molar-refractivity contribution < 1.29 is 17.9 Å². The molecule has 0 atom stereocenters. The number of aromatic nitrogens is 1. The lowest BCUT2D eigenvalue weighted by atomic mass is 10.1. The summed E-state index contributed by atoms with van der Waals surface area (Å²) in [6.45, 7) is 1.41. The first-order valence-electron chi connectivity index (χ1n) is 5.21. The molecule has 0 saturated heterocycles. The smallest absolute Gasteiger partial charge is 0.224 e. The van der Waals surface area contributed by atoms with Gasteiger partial charge in [0.25, 0.3) is 0 Å². The Morgan fingerprint density at radius 3 is 2.76 bits per heavy atom. The van der Waals surface area contributed by atoms with Crippen molar-refractivity contribution in [1.29, 1.82) is 0 Å². The third kappa shape index (κ3) is 2.31. The van der Waals surface area contributed by atoms with Crippen LogP contribution in [0.1, 0.15) is 28.5 Å². The molecule has 0 unspecified atom stereocenters. The van der Waals surface area contributed by atoms with Crippen molar-refractivity contribution in [2.45, 2.75) is 19.1 Å². The summed E-state index contributed by atoms with van der Waals surface area (Å²) >= 11 is 0. The van der Waals surface area contributed by atoms with Gasteiger partial charge in [0.1, 0.15) is 0 Å². The maximum Gasteiger partial charge on any atom is 0.224 e. The van der Waals surface area contributed by atoms with E-state index in [1.807, 2.05) is 0 Å². The number of hydrogen-bond acceptors (Lipinski definition) is 5. The summed E-state index contributed by atoms with van der Waals surface area (Å²) in [7, 11) is -1.61. The SMILES string of the molecule is COc1nc2c(cc1C(C)=O)CS(=O)(=O)CC2. The lowest BCUT2D eigenvalue weighted by Gasteiger charge is -2.17. The Morgan fingerprint density at radius 2 is 2.18 bits per heavy atom. The van der Waals surface area contributed by atoms with E-state index >= 15 is 0 Å². The first-order valence-corrected chi connectivity index (χ1v) is 7.03. The van der Waals surface area contributed by atoms with Gasteiger partial charge in [0.05, 0.1) is 24.2 Å². The molecule has 0 N–H and O–H groups in total. The first-order chi connectivity index (χ1) is 7.93. The molecule has 0 saturated carbocycles. The van der Waals surface area contributed by atoms with Gasteiger partial charge in [-0.3, -0.25) is 4.79 Å². The maximum atomic E-state index is 11.5. The zero-order valence-electron chi connectivity index (χ0n) is 9.69. The number of aryl methyl sites for hydroxylation is 1. The van der Waals surface area contributed by atoms with E-state index in [1.165, 1.54) is 14.0 Å². The van der Waals surface area contributed by atoms with Gasteiger partial charge in [0, 0.05) is 12.1 Å². The lowest BCUT2D eigenvalue weighted by molar-refractivity contribution is 0.101. The van der Waals surface area contributed by atoms with Gasteiger partial charge in [-0.2, -0.15) is 0 Å². The van der Waals surface area contributed by atoms with Crippen LogP contribution in [0.25, 0.3) is 0 Å². The van der Waals surface area contributed by atoms with Crippen LogP contribution in [-0.2, 0) is 22.0 Å². The first kappa shape index (κ1) is 12.0. The number of pyridine rings is 1. The molecule has 1 aromatic heterocycles. The summed E-state index contributed by atoms with van der Waals surface area (Å²) in [6, 6.07) is 1.58. The number of ether oxygens (including phenoxy) is 1. The summed E-state index contributed by atoms with van der Waals surface area (Å²) < 4.78 is 28.1. The Balaban J connectivity index is 2.57. The highest BCUT2D eigenvalue weighted by molar-refractivity contribution is 7.90. The fraction of sp³-hybridized carbons (Fsp3) is 0.455. The molecule has 0 fully saturated rings. The number of carbonyl (C=O) groups is 1. The number of Topliss-reactive ketones (excluding diaryl/α,β-unsaturated/α-hetero) is 1. The minimum Gasteiger partial charge on any atom is -0.480 e. The second-order valence-corrected chi connectivity index (χ2v) is 6.23. The van der Waals surface area contributed by atoms with Crippen molar-refractivity contribution >= 4 is 15.6 Å². The molecular weight excluding hydrogens is 242 g/mol. The second kappa shape index (κ2) is 4.10. The number of carbonyl (C=O) groups excluding carboxylic acids is 1. The van der Waals surface area contributed by atoms with Crippen LogP contribution in [0.2, 0.25) is 0 Å². The molecule has 0 aromatic carbocycles.